The van der Waals surface area contributed by atoms with Crippen molar-refractivity contribution in [2.75, 3.05) is 18.6 Å². The van der Waals surface area contributed by atoms with Gasteiger partial charge in [-0.3, -0.25) is 4.79 Å². The molecule has 1 aliphatic heterocycles. The Kier molecular flexibility index (Phi) is 5.23. The predicted molar refractivity (Wildman–Crippen MR) is 104 cm³/mol. The van der Waals surface area contributed by atoms with Gasteiger partial charge in [0.05, 0.1) is 17.5 Å². The molecule has 3 aliphatic rings. The SMILES string of the molecule is CCC(C1CC1)n1cc(Cl)nc(N2CCC3CC(OC)CC(Cl)[C@H]32)c1=O. The van der Waals surface area contributed by atoms with Crippen LogP contribution in [0.15, 0.2) is 11.0 Å². The van der Waals surface area contributed by atoms with E-state index in [0.29, 0.717) is 22.8 Å². The van der Waals surface area contributed by atoms with E-state index in [9.17, 15) is 4.79 Å². The molecule has 144 valence electrons. The molecule has 2 aliphatic carbocycles. The Labute approximate surface area is 164 Å². The van der Waals surface area contributed by atoms with Gasteiger partial charge in [0.1, 0.15) is 5.15 Å². The summed E-state index contributed by atoms with van der Waals surface area (Å²) in [7, 11) is 1.75. The molecule has 26 heavy (non-hydrogen) atoms. The molecule has 3 fully saturated rings. The fourth-order valence-corrected chi connectivity index (χ4v) is 5.76. The van der Waals surface area contributed by atoms with Gasteiger partial charge in [-0.25, -0.2) is 4.98 Å². The third-order valence-corrected chi connectivity index (χ3v) is 7.06. The summed E-state index contributed by atoms with van der Waals surface area (Å²) >= 11 is 13.1. The number of halogens is 2. The van der Waals surface area contributed by atoms with Crippen LogP contribution in [0.25, 0.3) is 0 Å². The second-order valence-electron chi connectivity index (χ2n) is 7.99. The Morgan fingerprint density at radius 3 is 2.77 bits per heavy atom. The van der Waals surface area contributed by atoms with Gasteiger partial charge in [0, 0.05) is 25.9 Å². The smallest absolute Gasteiger partial charge is 0.293 e. The summed E-state index contributed by atoms with van der Waals surface area (Å²) in [4.78, 5) is 19.8. The molecule has 0 N–H and O–H groups in total. The van der Waals surface area contributed by atoms with Crippen molar-refractivity contribution in [3.05, 3.63) is 21.7 Å². The summed E-state index contributed by atoms with van der Waals surface area (Å²) in [6.07, 6.45) is 8.06. The van der Waals surface area contributed by atoms with E-state index in [2.05, 4.69) is 16.8 Å². The average molecular weight is 400 g/mol. The predicted octanol–water partition coefficient (Wildman–Crippen LogP) is 3.87. The molecule has 4 rings (SSSR count). The number of aromatic nitrogens is 2. The highest BCUT2D eigenvalue weighted by Gasteiger charge is 2.46. The van der Waals surface area contributed by atoms with Crippen LogP contribution in [-0.4, -0.2) is 40.7 Å². The number of alkyl halides is 1. The van der Waals surface area contributed by atoms with E-state index >= 15 is 0 Å². The molecule has 1 aromatic rings. The van der Waals surface area contributed by atoms with Crippen LogP contribution in [0.5, 0.6) is 0 Å². The van der Waals surface area contributed by atoms with Crippen molar-refractivity contribution in [1.29, 1.82) is 0 Å². The molecular formula is C19H27Cl2N3O2. The van der Waals surface area contributed by atoms with E-state index in [0.717, 1.165) is 32.2 Å². The Hall–Kier alpha value is -0.780. The van der Waals surface area contributed by atoms with Gasteiger partial charge in [-0.15, -0.1) is 11.6 Å². The normalized spacial score (nSPS) is 32.5. The number of ether oxygens (including phenoxy) is 1. The lowest BCUT2D eigenvalue weighted by Crippen LogP contribution is -2.48. The van der Waals surface area contributed by atoms with Crippen molar-refractivity contribution >= 4 is 29.0 Å². The molecular weight excluding hydrogens is 373 g/mol. The zero-order valence-corrected chi connectivity index (χ0v) is 16.9. The zero-order valence-electron chi connectivity index (χ0n) is 15.4. The van der Waals surface area contributed by atoms with Gasteiger partial charge < -0.3 is 14.2 Å². The molecule has 0 amide bonds. The van der Waals surface area contributed by atoms with Gasteiger partial charge in [0.15, 0.2) is 5.82 Å². The maximum absolute atomic E-state index is 13.3. The van der Waals surface area contributed by atoms with Crippen molar-refractivity contribution in [2.24, 2.45) is 11.8 Å². The highest BCUT2D eigenvalue weighted by Crippen LogP contribution is 2.43. The fourth-order valence-electron chi connectivity index (χ4n) is 5.03. The van der Waals surface area contributed by atoms with Gasteiger partial charge in [0.25, 0.3) is 5.56 Å². The van der Waals surface area contributed by atoms with Gasteiger partial charge in [-0.2, -0.15) is 0 Å². The van der Waals surface area contributed by atoms with E-state index in [1.807, 2.05) is 4.57 Å². The number of nitrogens with zero attached hydrogens (tertiary/aromatic N) is 3. The molecule has 5 atom stereocenters. The first kappa shape index (κ1) is 18.6. The Bertz CT molecular complexity index is 721. The fraction of sp³-hybridized carbons (Fsp3) is 0.789. The molecule has 0 bridgehead atoms. The maximum atomic E-state index is 13.3. The summed E-state index contributed by atoms with van der Waals surface area (Å²) in [5, 5.41) is 0.346. The summed E-state index contributed by atoms with van der Waals surface area (Å²) in [6, 6.07) is 0.354. The zero-order chi connectivity index (χ0) is 18.4. The number of hydrogen-bond acceptors (Lipinski definition) is 4. The minimum absolute atomic E-state index is 0.0217. The largest absolute Gasteiger partial charge is 0.381 e. The first-order valence-corrected chi connectivity index (χ1v) is 10.6. The minimum Gasteiger partial charge on any atom is -0.381 e. The topological polar surface area (TPSA) is 47.4 Å². The average Bonchev–Trinajstić information content (AvgIpc) is 3.36. The summed E-state index contributed by atoms with van der Waals surface area (Å²) in [6.45, 7) is 2.94. The molecule has 0 aromatic carbocycles. The van der Waals surface area contributed by atoms with Crippen molar-refractivity contribution in [2.45, 2.75) is 69.0 Å². The van der Waals surface area contributed by atoms with E-state index < -0.39 is 0 Å². The van der Waals surface area contributed by atoms with Crippen molar-refractivity contribution < 1.29 is 4.74 Å². The number of methoxy groups -OCH3 is 1. The van der Waals surface area contributed by atoms with Crippen LogP contribution in [0.3, 0.4) is 0 Å². The van der Waals surface area contributed by atoms with Gasteiger partial charge in [-0.05, 0) is 50.4 Å². The monoisotopic (exact) mass is 399 g/mol. The third kappa shape index (κ3) is 3.27. The number of rotatable bonds is 5. The summed E-state index contributed by atoms with van der Waals surface area (Å²) in [5.41, 5.74) is -0.0217. The molecule has 2 heterocycles. The Morgan fingerprint density at radius 1 is 1.35 bits per heavy atom. The lowest BCUT2D eigenvalue weighted by Gasteiger charge is -2.39. The molecule has 1 aromatic heterocycles. The molecule has 0 radical (unpaired) electrons. The van der Waals surface area contributed by atoms with E-state index in [1.165, 1.54) is 12.8 Å². The molecule has 1 saturated heterocycles. The number of hydrogen-bond donors (Lipinski definition) is 0. The van der Waals surface area contributed by atoms with Crippen LogP contribution in [0.2, 0.25) is 5.15 Å². The van der Waals surface area contributed by atoms with Crippen molar-refractivity contribution in [3.63, 3.8) is 0 Å². The van der Waals surface area contributed by atoms with Crippen LogP contribution >= 0.6 is 23.2 Å². The summed E-state index contributed by atoms with van der Waals surface area (Å²) in [5.74, 6) is 1.51. The first-order valence-electron chi connectivity index (χ1n) is 9.75. The maximum Gasteiger partial charge on any atom is 0.293 e. The van der Waals surface area contributed by atoms with E-state index in [1.54, 1.807) is 13.3 Å². The van der Waals surface area contributed by atoms with Gasteiger partial charge in [-0.1, -0.05) is 18.5 Å². The molecule has 0 spiro atoms. The minimum atomic E-state index is -0.0414. The Balaban J connectivity index is 1.68. The van der Waals surface area contributed by atoms with Crippen molar-refractivity contribution in [3.8, 4) is 0 Å². The van der Waals surface area contributed by atoms with Gasteiger partial charge in [0.2, 0.25) is 0 Å². The quantitative estimate of drug-likeness (QED) is 0.704. The van der Waals surface area contributed by atoms with Gasteiger partial charge >= 0.3 is 0 Å². The molecule has 2 saturated carbocycles. The number of fused-ring (bicyclic) bond motifs is 1. The Morgan fingerprint density at radius 2 is 2.12 bits per heavy atom. The van der Waals surface area contributed by atoms with Crippen molar-refractivity contribution in [1.82, 2.24) is 9.55 Å². The second kappa shape index (κ2) is 7.33. The third-order valence-electron chi connectivity index (χ3n) is 6.44. The van der Waals surface area contributed by atoms with Crippen LogP contribution in [0, 0.1) is 11.8 Å². The van der Waals surface area contributed by atoms with Crippen LogP contribution in [0.4, 0.5) is 5.82 Å². The highest BCUT2D eigenvalue weighted by molar-refractivity contribution is 6.29. The van der Waals surface area contributed by atoms with E-state index in [4.69, 9.17) is 27.9 Å². The lowest BCUT2D eigenvalue weighted by molar-refractivity contribution is 0.0506. The second-order valence-corrected chi connectivity index (χ2v) is 8.94. The van der Waals surface area contributed by atoms with E-state index in [-0.39, 0.29) is 29.1 Å². The lowest BCUT2D eigenvalue weighted by atomic mass is 9.83. The van der Waals surface area contributed by atoms with Crippen LogP contribution in [0.1, 0.15) is 51.5 Å². The molecule has 7 heteroatoms. The highest BCUT2D eigenvalue weighted by atomic mass is 35.5. The molecule has 5 nitrogen and oxygen atoms in total. The van der Waals surface area contributed by atoms with Crippen LogP contribution in [-0.2, 0) is 4.74 Å². The van der Waals surface area contributed by atoms with Crippen LogP contribution < -0.4 is 10.5 Å². The number of anilines is 1. The summed E-state index contributed by atoms with van der Waals surface area (Å²) < 4.78 is 7.38. The first-order chi connectivity index (χ1) is 12.5. The molecule has 4 unspecified atom stereocenters. The standard InChI is InChI=1S/C19H27Cl2N3O2/c1-3-15(11-4-5-11)24-10-16(21)22-18(19(24)25)23-7-6-12-8-13(26-2)9-14(20)17(12)23/h10-15,17H,3-9H2,1-2H3/t12?,13?,14?,15?,17-/m0/s1.